The number of carbonyl (C=O) groups is 2. The van der Waals surface area contributed by atoms with Crippen LogP contribution in [0.4, 0.5) is 5.13 Å². The molecule has 0 bridgehead atoms. The van der Waals surface area contributed by atoms with Crippen molar-refractivity contribution in [1.82, 2.24) is 20.8 Å². The largest absolute Gasteiger partial charge is 0.378 e. The molecule has 0 aromatic carbocycles. The Morgan fingerprint density at radius 1 is 1.14 bits per heavy atom. The van der Waals surface area contributed by atoms with Gasteiger partial charge in [0.25, 0.3) is 5.91 Å². The van der Waals surface area contributed by atoms with Gasteiger partial charge in [-0.3, -0.25) is 20.4 Å². The fourth-order valence-electron chi connectivity index (χ4n) is 2.60. The molecule has 4 rings (SSSR count). The van der Waals surface area contributed by atoms with Crippen LogP contribution in [-0.4, -0.2) is 48.1 Å². The third kappa shape index (κ3) is 5.11. The Kier molecular flexibility index (Phi) is 6.40. The van der Waals surface area contributed by atoms with Gasteiger partial charge in [-0.2, -0.15) is 0 Å². The maximum Gasteiger partial charge on any atom is 0.289 e. The smallest absolute Gasteiger partial charge is 0.289 e. The number of aromatic nitrogens is 2. The summed E-state index contributed by atoms with van der Waals surface area (Å²) in [6.07, 6.45) is 0.0615. The topological polar surface area (TPSA) is 96.5 Å². The summed E-state index contributed by atoms with van der Waals surface area (Å²) in [6.45, 7) is 2.79. The van der Waals surface area contributed by atoms with Crippen molar-refractivity contribution in [3.05, 3.63) is 38.6 Å². The molecule has 3 aromatic rings. The van der Waals surface area contributed by atoms with Gasteiger partial charge in [-0.15, -0.1) is 34.0 Å². The fourth-order valence-corrected chi connectivity index (χ4v) is 5.39. The highest BCUT2D eigenvalue weighted by Crippen LogP contribution is 2.32. The van der Waals surface area contributed by atoms with E-state index < -0.39 is 5.91 Å². The molecule has 0 saturated carbocycles. The second-order valence-corrected chi connectivity index (χ2v) is 9.45. The number of nitrogens with zero attached hydrogens (tertiary/aromatic N) is 3. The quantitative estimate of drug-likeness (QED) is 0.558. The van der Waals surface area contributed by atoms with Crippen molar-refractivity contribution in [3.63, 3.8) is 0 Å². The van der Waals surface area contributed by atoms with Crippen LogP contribution in [0.15, 0.2) is 22.9 Å². The van der Waals surface area contributed by atoms with E-state index in [0.29, 0.717) is 23.2 Å². The van der Waals surface area contributed by atoms with Gasteiger partial charge in [0.15, 0.2) is 5.13 Å². The molecule has 2 N–H and O–H groups in total. The van der Waals surface area contributed by atoms with Gasteiger partial charge in [0.1, 0.15) is 10.7 Å². The molecule has 0 atom stereocenters. The summed E-state index contributed by atoms with van der Waals surface area (Å²) < 4.78 is 6.01. The average molecular weight is 470 g/mol. The highest BCUT2D eigenvalue weighted by molar-refractivity contribution is 7.23. The minimum absolute atomic E-state index is 0.0615. The van der Waals surface area contributed by atoms with Crippen molar-refractivity contribution in [2.75, 3.05) is 31.2 Å². The normalized spacial score (nSPS) is 14.0. The van der Waals surface area contributed by atoms with Gasteiger partial charge in [-0.25, -0.2) is 9.97 Å². The first-order valence-corrected chi connectivity index (χ1v) is 11.6. The Balaban J connectivity index is 1.28. The molecule has 0 spiro atoms. The van der Waals surface area contributed by atoms with Gasteiger partial charge in [0.05, 0.1) is 34.5 Å². The van der Waals surface area contributed by atoms with Crippen molar-refractivity contribution in [2.24, 2.45) is 0 Å². The maximum absolute atomic E-state index is 12.2. The molecule has 1 aliphatic heterocycles. The minimum Gasteiger partial charge on any atom is -0.378 e. The Bertz CT molecular complexity index is 1010. The standard InChI is InChI=1S/C17H16ClN5O3S3/c18-13-2-1-12(29-13)16-19-10(8-27-16)7-14(24)21-22-15(25)11-9-28-17(20-11)23-3-5-26-6-4-23/h1-2,8-9H,3-7H2,(H,21,24)(H,22,25). The van der Waals surface area contributed by atoms with Crippen LogP contribution in [0.5, 0.6) is 0 Å². The van der Waals surface area contributed by atoms with E-state index in [-0.39, 0.29) is 18.0 Å². The molecule has 1 aliphatic rings. The lowest BCUT2D eigenvalue weighted by molar-refractivity contribution is -0.121. The van der Waals surface area contributed by atoms with Crippen molar-refractivity contribution < 1.29 is 14.3 Å². The molecule has 0 unspecified atom stereocenters. The number of hydrogen-bond donors (Lipinski definition) is 2. The molecule has 4 heterocycles. The van der Waals surface area contributed by atoms with Gasteiger partial charge in [-0.1, -0.05) is 11.6 Å². The third-order valence-electron chi connectivity index (χ3n) is 4.00. The number of carbonyl (C=O) groups excluding carboxylic acids is 2. The van der Waals surface area contributed by atoms with Crippen LogP contribution in [0.1, 0.15) is 16.2 Å². The lowest BCUT2D eigenvalue weighted by atomic mass is 10.3. The first kappa shape index (κ1) is 20.2. The summed E-state index contributed by atoms with van der Waals surface area (Å²) in [5.74, 6) is -0.815. The van der Waals surface area contributed by atoms with E-state index in [0.717, 1.165) is 28.1 Å². The molecule has 12 heteroatoms. The van der Waals surface area contributed by atoms with Crippen molar-refractivity contribution in [2.45, 2.75) is 6.42 Å². The van der Waals surface area contributed by atoms with E-state index in [1.165, 1.54) is 34.0 Å². The molecule has 1 fully saturated rings. The number of morpholine rings is 1. The van der Waals surface area contributed by atoms with Crippen LogP contribution >= 0.6 is 45.6 Å². The van der Waals surface area contributed by atoms with Crippen LogP contribution in [-0.2, 0) is 16.0 Å². The zero-order valence-electron chi connectivity index (χ0n) is 15.0. The third-order valence-corrected chi connectivity index (χ3v) is 7.19. The van der Waals surface area contributed by atoms with Gasteiger partial charge in [0, 0.05) is 23.8 Å². The van der Waals surface area contributed by atoms with Crippen LogP contribution in [0, 0.1) is 0 Å². The number of thiazole rings is 2. The highest BCUT2D eigenvalue weighted by atomic mass is 35.5. The molecule has 29 heavy (non-hydrogen) atoms. The van der Waals surface area contributed by atoms with E-state index in [1.807, 2.05) is 17.5 Å². The lowest BCUT2D eigenvalue weighted by Crippen LogP contribution is -2.42. The van der Waals surface area contributed by atoms with Gasteiger partial charge >= 0.3 is 0 Å². The zero-order chi connectivity index (χ0) is 20.2. The second kappa shape index (κ2) is 9.18. The van der Waals surface area contributed by atoms with E-state index in [4.69, 9.17) is 16.3 Å². The number of halogens is 1. The predicted molar refractivity (Wildman–Crippen MR) is 115 cm³/mol. The van der Waals surface area contributed by atoms with Crippen LogP contribution < -0.4 is 15.8 Å². The summed E-state index contributed by atoms with van der Waals surface area (Å²) >= 11 is 10.2. The number of hydrogen-bond acceptors (Lipinski definition) is 9. The number of amides is 2. The molecule has 8 nitrogen and oxygen atoms in total. The van der Waals surface area contributed by atoms with Crippen LogP contribution in [0.3, 0.4) is 0 Å². The van der Waals surface area contributed by atoms with E-state index in [1.54, 1.807) is 5.38 Å². The highest BCUT2D eigenvalue weighted by Gasteiger charge is 2.18. The average Bonchev–Trinajstić information content (AvgIpc) is 3.47. The molecule has 3 aromatic heterocycles. The summed E-state index contributed by atoms with van der Waals surface area (Å²) in [5.41, 5.74) is 5.71. The Labute approximate surface area is 183 Å². The number of hydrazine groups is 1. The zero-order valence-corrected chi connectivity index (χ0v) is 18.2. The summed E-state index contributed by atoms with van der Waals surface area (Å²) in [6, 6.07) is 3.71. The molecule has 0 radical (unpaired) electrons. The molecular formula is C17H16ClN5O3S3. The first-order valence-electron chi connectivity index (χ1n) is 8.66. The molecule has 2 amide bonds. The van der Waals surface area contributed by atoms with Crippen molar-refractivity contribution in [1.29, 1.82) is 0 Å². The first-order chi connectivity index (χ1) is 14.1. The Hall–Kier alpha value is -2.05. The minimum atomic E-state index is -0.457. The summed E-state index contributed by atoms with van der Waals surface area (Å²) in [7, 11) is 0. The number of anilines is 1. The number of thiophene rings is 1. The van der Waals surface area contributed by atoms with Gasteiger partial charge in [-0.05, 0) is 12.1 Å². The Morgan fingerprint density at radius 3 is 2.72 bits per heavy atom. The Morgan fingerprint density at radius 2 is 1.97 bits per heavy atom. The van der Waals surface area contributed by atoms with E-state index >= 15 is 0 Å². The van der Waals surface area contributed by atoms with Crippen LogP contribution in [0.25, 0.3) is 9.88 Å². The van der Waals surface area contributed by atoms with Crippen molar-refractivity contribution >= 4 is 62.6 Å². The van der Waals surface area contributed by atoms with E-state index in [2.05, 4.69) is 25.7 Å². The fraction of sp³-hybridized carbons (Fsp3) is 0.294. The summed E-state index contributed by atoms with van der Waals surface area (Å²) in [5, 5.41) is 5.07. The molecule has 0 aliphatic carbocycles. The maximum atomic E-state index is 12.2. The van der Waals surface area contributed by atoms with Crippen molar-refractivity contribution in [3.8, 4) is 9.88 Å². The van der Waals surface area contributed by atoms with Crippen LogP contribution in [0.2, 0.25) is 4.34 Å². The van der Waals surface area contributed by atoms with E-state index in [9.17, 15) is 9.59 Å². The number of rotatable bonds is 5. The SMILES string of the molecule is O=C(Cc1csc(-c2ccc(Cl)s2)n1)NNC(=O)c1csc(N2CCOCC2)n1. The second-order valence-electron chi connectivity index (χ2n) is 6.04. The molecular weight excluding hydrogens is 454 g/mol. The van der Waals surface area contributed by atoms with Gasteiger partial charge in [0.2, 0.25) is 5.91 Å². The molecule has 1 saturated heterocycles. The predicted octanol–water partition coefficient (Wildman–Crippen LogP) is 2.82. The monoisotopic (exact) mass is 469 g/mol. The molecule has 152 valence electrons. The lowest BCUT2D eigenvalue weighted by Gasteiger charge is -2.25. The van der Waals surface area contributed by atoms with Gasteiger partial charge < -0.3 is 9.64 Å². The number of ether oxygens (including phenoxy) is 1. The number of nitrogens with one attached hydrogen (secondary N) is 2. The summed E-state index contributed by atoms with van der Waals surface area (Å²) in [4.78, 5) is 36.2.